The van der Waals surface area contributed by atoms with Crippen molar-refractivity contribution in [2.75, 3.05) is 13.1 Å². The molecule has 4 aromatic rings. The maximum Gasteiger partial charge on any atom is 0.348 e. The molecule has 4 heterocycles. The van der Waals surface area contributed by atoms with Gasteiger partial charge >= 0.3 is 5.69 Å². The predicted molar refractivity (Wildman–Crippen MR) is 117 cm³/mol. The highest BCUT2D eigenvalue weighted by molar-refractivity contribution is 7.12. The lowest BCUT2D eigenvalue weighted by molar-refractivity contribution is 0.0658. The van der Waals surface area contributed by atoms with Crippen molar-refractivity contribution in [3.8, 4) is 5.00 Å². The minimum absolute atomic E-state index is 0.0704. The summed E-state index contributed by atoms with van der Waals surface area (Å²) in [5, 5.41) is 9.98. The third kappa shape index (κ3) is 3.72. The van der Waals surface area contributed by atoms with Gasteiger partial charge in [0.25, 0.3) is 5.91 Å². The molecule has 0 radical (unpaired) electrons. The van der Waals surface area contributed by atoms with Gasteiger partial charge in [0, 0.05) is 25.6 Å². The smallest absolute Gasteiger partial charge is 0.348 e. The highest BCUT2D eigenvalue weighted by Crippen LogP contribution is 2.24. The number of nitrogens with zero attached hydrogens (tertiary/aromatic N) is 3. The first-order valence-corrected chi connectivity index (χ1v) is 11.0. The van der Waals surface area contributed by atoms with Gasteiger partial charge in [0.15, 0.2) is 11.2 Å². The van der Waals surface area contributed by atoms with Gasteiger partial charge in [0.2, 0.25) is 0 Å². The number of aromatic amines is 1. The zero-order valence-electron chi connectivity index (χ0n) is 16.6. The average Bonchev–Trinajstić information content (AvgIpc) is 3.43. The van der Waals surface area contributed by atoms with Crippen LogP contribution in [0.2, 0.25) is 0 Å². The SMILES string of the molecule is O=C(c1cc(=O)c2ccccc2o1)N1CCC(Cc2n[nH]c(=O)n2-c2cccs2)CC1. The van der Waals surface area contributed by atoms with Gasteiger partial charge in [-0.2, -0.15) is 5.10 Å². The Balaban J connectivity index is 1.28. The molecule has 1 N–H and O–H groups in total. The second-order valence-electron chi connectivity index (χ2n) is 7.64. The van der Waals surface area contributed by atoms with Gasteiger partial charge in [-0.1, -0.05) is 12.1 Å². The van der Waals surface area contributed by atoms with E-state index < -0.39 is 0 Å². The fourth-order valence-corrected chi connectivity index (χ4v) is 4.80. The number of piperidine rings is 1. The molecule has 158 valence electrons. The average molecular weight is 436 g/mol. The number of benzene rings is 1. The molecule has 1 aromatic carbocycles. The topological polar surface area (TPSA) is 101 Å². The standard InChI is InChI=1S/C22H20N4O4S/c27-16-13-18(30-17-5-2-1-4-15(16)17)21(28)25-9-7-14(8-10-25)12-19-23-24-22(29)26(19)20-6-3-11-31-20/h1-6,11,13-14H,7-10,12H2,(H,24,29). The number of fused-ring (bicyclic) bond motifs is 1. The van der Waals surface area contributed by atoms with E-state index in [1.54, 1.807) is 33.7 Å². The van der Waals surface area contributed by atoms with Crippen LogP contribution in [0.1, 0.15) is 29.2 Å². The molecule has 1 aliphatic rings. The number of carbonyl (C=O) groups excluding carboxylic acids is 1. The lowest BCUT2D eigenvalue weighted by Crippen LogP contribution is -2.39. The Morgan fingerprint density at radius 2 is 1.97 bits per heavy atom. The summed E-state index contributed by atoms with van der Waals surface area (Å²) >= 11 is 1.49. The van der Waals surface area contributed by atoms with Gasteiger partial charge in [-0.25, -0.2) is 14.5 Å². The van der Waals surface area contributed by atoms with Crippen molar-refractivity contribution in [1.82, 2.24) is 19.7 Å². The number of para-hydroxylation sites is 1. The maximum absolute atomic E-state index is 12.9. The van der Waals surface area contributed by atoms with Gasteiger partial charge in [-0.15, -0.1) is 11.3 Å². The van der Waals surface area contributed by atoms with E-state index in [-0.39, 0.29) is 22.8 Å². The first kappa shape index (κ1) is 19.5. The molecular weight excluding hydrogens is 416 g/mol. The molecule has 8 nitrogen and oxygen atoms in total. The minimum Gasteiger partial charge on any atom is -0.451 e. The van der Waals surface area contributed by atoms with Crippen molar-refractivity contribution in [2.24, 2.45) is 5.92 Å². The summed E-state index contributed by atoms with van der Waals surface area (Å²) < 4.78 is 7.31. The van der Waals surface area contributed by atoms with Gasteiger partial charge in [0.1, 0.15) is 16.4 Å². The summed E-state index contributed by atoms with van der Waals surface area (Å²) in [4.78, 5) is 39.1. The molecule has 1 fully saturated rings. The van der Waals surface area contributed by atoms with Crippen LogP contribution in [-0.2, 0) is 6.42 Å². The fourth-order valence-electron chi connectivity index (χ4n) is 4.05. The molecule has 5 rings (SSSR count). The number of carbonyl (C=O) groups is 1. The van der Waals surface area contributed by atoms with Crippen molar-refractivity contribution in [3.05, 3.63) is 80.1 Å². The quantitative estimate of drug-likeness (QED) is 0.530. The van der Waals surface area contributed by atoms with Crippen LogP contribution in [0.25, 0.3) is 16.0 Å². The van der Waals surface area contributed by atoms with E-state index in [0.717, 1.165) is 17.8 Å². The highest BCUT2D eigenvalue weighted by Gasteiger charge is 2.27. The summed E-state index contributed by atoms with van der Waals surface area (Å²) in [5.74, 6) is 0.817. The Hall–Kier alpha value is -3.46. The van der Waals surface area contributed by atoms with Gasteiger partial charge in [-0.05, 0) is 48.4 Å². The van der Waals surface area contributed by atoms with Crippen LogP contribution < -0.4 is 11.1 Å². The molecule has 0 bridgehead atoms. The van der Waals surface area contributed by atoms with Crippen LogP contribution in [-0.4, -0.2) is 38.7 Å². The van der Waals surface area contributed by atoms with Crippen molar-refractivity contribution in [2.45, 2.75) is 19.3 Å². The second kappa shape index (κ2) is 7.99. The molecule has 1 saturated heterocycles. The molecule has 0 unspecified atom stereocenters. The zero-order chi connectivity index (χ0) is 21.4. The maximum atomic E-state index is 12.9. The molecule has 0 spiro atoms. The molecule has 31 heavy (non-hydrogen) atoms. The number of rotatable bonds is 4. The molecule has 0 aliphatic carbocycles. The van der Waals surface area contributed by atoms with Crippen LogP contribution in [0.3, 0.4) is 0 Å². The van der Waals surface area contributed by atoms with E-state index in [4.69, 9.17) is 4.42 Å². The van der Waals surface area contributed by atoms with Gasteiger partial charge < -0.3 is 9.32 Å². The number of nitrogens with one attached hydrogen (secondary N) is 1. The zero-order valence-corrected chi connectivity index (χ0v) is 17.4. The Morgan fingerprint density at radius 3 is 2.74 bits per heavy atom. The van der Waals surface area contributed by atoms with Crippen LogP contribution in [0.15, 0.2) is 61.9 Å². The van der Waals surface area contributed by atoms with Crippen molar-refractivity contribution >= 4 is 28.2 Å². The fraction of sp³-hybridized carbons (Fsp3) is 0.273. The predicted octanol–water partition coefficient (Wildman–Crippen LogP) is 2.82. The lowest BCUT2D eigenvalue weighted by atomic mass is 9.93. The summed E-state index contributed by atoms with van der Waals surface area (Å²) in [7, 11) is 0. The number of H-pyrrole nitrogens is 1. The van der Waals surface area contributed by atoms with E-state index in [0.29, 0.717) is 42.2 Å². The Bertz CT molecular complexity index is 1340. The monoisotopic (exact) mass is 436 g/mol. The number of thiophene rings is 1. The highest BCUT2D eigenvalue weighted by atomic mass is 32.1. The molecule has 1 amide bonds. The third-order valence-electron chi connectivity index (χ3n) is 5.69. The number of aromatic nitrogens is 3. The first-order valence-electron chi connectivity index (χ1n) is 10.1. The van der Waals surface area contributed by atoms with Crippen LogP contribution >= 0.6 is 11.3 Å². The largest absolute Gasteiger partial charge is 0.451 e. The molecule has 0 atom stereocenters. The Labute approximate surface area is 180 Å². The number of hydrogen-bond acceptors (Lipinski definition) is 6. The van der Waals surface area contributed by atoms with Gasteiger partial charge in [-0.3, -0.25) is 9.59 Å². The number of hydrogen-bond donors (Lipinski definition) is 1. The summed E-state index contributed by atoms with van der Waals surface area (Å²) in [6.45, 7) is 1.13. The van der Waals surface area contributed by atoms with Crippen molar-refractivity contribution in [3.63, 3.8) is 0 Å². The lowest BCUT2D eigenvalue weighted by Gasteiger charge is -2.31. The molecular formula is C22H20N4O4S. The third-order valence-corrected chi connectivity index (χ3v) is 6.54. The molecule has 0 saturated carbocycles. The Kier molecular flexibility index (Phi) is 5.03. The Morgan fingerprint density at radius 1 is 1.16 bits per heavy atom. The number of amides is 1. The van der Waals surface area contributed by atoms with Crippen molar-refractivity contribution < 1.29 is 9.21 Å². The summed E-state index contributed by atoms with van der Waals surface area (Å²) in [6, 6.07) is 12.0. The van der Waals surface area contributed by atoms with Crippen LogP contribution in [0, 0.1) is 5.92 Å². The van der Waals surface area contributed by atoms with E-state index in [9.17, 15) is 14.4 Å². The molecule has 3 aromatic heterocycles. The van der Waals surface area contributed by atoms with Crippen molar-refractivity contribution in [1.29, 1.82) is 0 Å². The summed E-state index contributed by atoms with van der Waals surface area (Å²) in [5.41, 5.74) is -0.0418. The summed E-state index contributed by atoms with van der Waals surface area (Å²) in [6.07, 6.45) is 2.23. The van der Waals surface area contributed by atoms with Crippen LogP contribution in [0.5, 0.6) is 0 Å². The van der Waals surface area contributed by atoms with Crippen LogP contribution in [0.4, 0.5) is 0 Å². The van der Waals surface area contributed by atoms with E-state index in [1.807, 2.05) is 17.5 Å². The van der Waals surface area contributed by atoms with E-state index in [2.05, 4.69) is 10.2 Å². The van der Waals surface area contributed by atoms with E-state index in [1.165, 1.54) is 17.4 Å². The molecule has 1 aliphatic heterocycles. The van der Waals surface area contributed by atoms with Gasteiger partial charge in [0.05, 0.1) is 5.39 Å². The first-order chi connectivity index (χ1) is 15.1. The minimum atomic E-state index is -0.267. The molecule has 9 heteroatoms. The number of likely N-dealkylation sites (tertiary alicyclic amines) is 1. The second-order valence-corrected chi connectivity index (χ2v) is 8.57. The van der Waals surface area contributed by atoms with E-state index >= 15 is 0 Å². The normalized spacial score (nSPS) is 14.9.